The molecular weight excluding hydrogens is 2020 g/mol. The Labute approximate surface area is 852 Å². The fraction of sp³-hybridized carbons (Fsp3) is 0.304. The first-order valence-electron chi connectivity index (χ1n) is 45.5. The Bertz CT molecular complexity index is 7630. The number of rotatable bonds is 29. The quantitative estimate of drug-likeness (QED) is 0.0215. The van der Waals surface area contributed by atoms with Crippen LogP contribution in [0.15, 0.2) is 284 Å². The number of nitrogens with zero attached hydrogens (tertiary/aromatic N) is 5. The molecule has 40 nitrogen and oxygen atoms in total. The summed E-state index contributed by atoms with van der Waals surface area (Å²) in [7, 11) is 1.43. The summed E-state index contributed by atoms with van der Waals surface area (Å²) in [5, 5.41) is 50.4. The van der Waals surface area contributed by atoms with Crippen molar-refractivity contribution in [3.05, 3.63) is 296 Å². The Hall–Kier alpha value is -14.7. The SMILES string of the molecule is CC(C)(C)O[C@H]1C(=O)N2C(C(=O)O)=C(COc3ccc4ccc(=O)oc4c3)CS[C@H]12.CC(C)O[C@H]1C(=O)N2C(C(=O)O)=C(COc3ccc4ccc(=O)oc4c3)CS[C@H]12.CCO[C@H]1C(=O)N2C(C(=O)O)=C(COc3ccc4ccc(=O)oc4c3)CS[C@H]12.CO[C@H]1C(=O)N2C(C(=O)O)=C(COc3ccc4ccc(=O)oc4c3)CS[C@H]12.O=C(O)C1=C(COc2ccc3ccc(=O)oc3c2)CS[C@@H]2[C@@H](OCc3ccccc3)C(=O)N12. The first kappa shape index (κ1) is 104. The van der Waals surface area contributed by atoms with Gasteiger partial charge in [0.25, 0.3) is 29.5 Å². The number of carboxylic acids is 5. The van der Waals surface area contributed by atoms with Crippen molar-refractivity contribution < 1.29 is 143 Å². The van der Waals surface area contributed by atoms with Crippen LogP contribution in [0.2, 0.25) is 0 Å². The van der Waals surface area contributed by atoms with E-state index in [0.717, 1.165) is 32.5 Å². The standard InChI is InChI=1S/C24H19NO7S.C21H21NO7S.C20H19NO7S.C19H17NO7S.C18H15NO7S/c26-19-9-7-15-6-8-17(10-18(15)32-19)30-12-16-13-33-23-21(22(27)25(23)20(16)24(28)29)31-11-14-4-2-1-3-5-14;1-21(2,3)29-17-18(24)22-16(20(25)26)12(10-30-19(17)22)9-27-13-6-4-11-5-7-15(23)28-14(11)8-13;1-10(2)27-17-18(23)21-16(20(24)25)12(9-29-19(17)21)8-26-13-5-3-11-4-6-15(22)28-14(11)7-13;1-2-25-16-17(22)20-15(19(23)24)11(9-28-18(16)20)8-26-12-5-3-10-4-6-14(21)27-13(10)7-12;1-24-15-16(21)19-14(18(22)23)10(8-27-17(15)19)7-25-11-4-2-9-3-5-13(20)26-12(9)6-11/h1-10,21,23H,11-13H2,(H,28,29);4-8,17,19H,9-10H2,1-3H3,(H,25,26);3-7,10,17,19H,8-9H2,1-2H3,(H,24,25);3-7,16,18H,2,8-9H2,1H3,(H,23,24);2-6,15,17H,7-8H2,1H3,(H,22,23)/t21-,23+;2*17-,19+;16-,18+;15-,17+/m00000/s1. The molecule has 147 heavy (non-hydrogen) atoms. The molecule has 15 heterocycles. The van der Waals surface area contributed by atoms with E-state index in [0.29, 0.717) is 120 Å². The zero-order chi connectivity index (χ0) is 104. The van der Waals surface area contributed by atoms with Gasteiger partial charge in [-0.05, 0) is 138 Å². The smallest absolute Gasteiger partial charge is 0.352 e. The van der Waals surface area contributed by atoms with Crippen molar-refractivity contribution in [3.8, 4) is 28.7 Å². The molecule has 5 N–H and O–H groups in total. The number of hydrogen-bond acceptors (Lipinski definition) is 35. The molecule has 10 atom stereocenters. The monoisotopic (exact) mass is 2110 g/mol. The molecule has 0 spiro atoms. The zero-order valence-electron chi connectivity index (χ0n) is 78.9. The first-order valence-corrected chi connectivity index (χ1v) is 50.7. The predicted octanol–water partition coefficient (Wildman–Crippen LogP) is 11.1. The fourth-order valence-corrected chi connectivity index (χ4v) is 23.6. The minimum absolute atomic E-state index is 0.00149. The van der Waals surface area contributed by atoms with Gasteiger partial charge in [0, 0.05) is 158 Å². The highest BCUT2D eigenvalue weighted by Gasteiger charge is 2.60. The third-order valence-corrected chi connectivity index (χ3v) is 30.4. The van der Waals surface area contributed by atoms with E-state index in [4.69, 9.17) is 69.5 Å². The third kappa shape index (κ3) is 22.5. The lowest BCUT2D eigenvalue weighted by atomic mass is 10.0. The van der Waals surface area contributed by atoms with E-state index in [9.17, 15) is 97.5 Å². The van der Waals surface area contributed by atoms with Gasteiger partial charge in [0.15, 0.2) is 30.5 Å². The topological polar surface area (TPSA) is 531 Å². The van der Waals surface area contributed by atoms with Crippen molar-refractivity contribution >= 4 is 173 Å². The number of carbonyl (C=O) groups is 10. The summed E-state index contributed by atoms with van der Waals surface area (Å²) in [5.41, 5.74) is 2.27. The Morgan fingerprint density at radius 2 is 0.578 bits per heavy atom. The summed E-state index contributed by atoms with van der Waals surface area (Å²) in [6.45, 7) is 11.7. The van der Waals surface area contributed by atoms with Crippen molar-refractivity contribution in [1.82, 2.24) is 24.5 Å². The van der Waals surface area contributed by atoms with E-state index < -0.39 is 94.1 Å². The maximum atomic E-state index is 12.7. The molecule has 0 bridgehead atoms. The van der Waals surface area contributed by atoms with Crippen molar-refractivity contribution in [3.63, 3.8) is 0 Å². The second-order valence-corrected chi connectivity index (χ2v) is 40.6. The number of fused-ring (bicyclic) bond motifs is 10. The molecule has 10 aliphatic rings. The molecule has 21 rings (SSSR count). The summed E-state index contributed by atoms with van der Waals surface area (Å²) < 4.78 is 82.1. The number of carboxylic acid groups (broad SMARTS) is 5. The third-order valence-electron chi connectivity index (χ3n) is 23.8. The average molecular weight is 2110 g/mol. The number of β-lactam (4-membered cyclic amide) rings is 5. The first-order chi connectivity index (χ1) is 70.5. The van der Waals surface area contributed by atoms with E-state index in [1.54, 1.807) is 128 Å². The van der Waals surface area contributed by atoms with E-state index in [1.165, 1.54) is 121 Å². The number of methoxy groups -OCH3 is 1. The largest absolute Gasteiger partial charge is 0.489 e. The molecule has 5 aromatic heterocycles. The summed E-state index contributed by atoms with van der Waals surface area (Å²) in [4.78, 5) is 185. The molecule has 0 aliphatic carbocycles. The molecule has 0 unspecified atom stereocenters. The zero-order valence-corrected chi connectivity index (χ0v) is 83.0. The highest BCUT2D eigenvalue weighted by atomic mass is 32.2. The highest BCUT2D eigenvalue weighted by Crippen LogP contribution is 2.49. The van der Waals surface area contributed by atoms with Crippen LogP contribution in [0.4, 0.5) is 0 Å². The molecule has 6 aromatic carbocycles. The van der Waals surface area contributed by atoms with Gasteiger partial charge in [0.2, 0.25) is 0 Å². The number of benzene rings is 6. The lowest BCUT2D eigenvalue weighted by Gasteiger charge is -2.50. The van der Waals surface area contributed by atoms with E-state index >= 15 is 0 Å². The molecule has 11 aromatic rings. The van der Waals surface area contributed by atoms with Crippen LogP contribution in [0.3, 0.4) is 0 Å². The average Bonchev–Trinajstić information content (AvgIpc) is 0.734. The number of carbonyl (C=O) groups excluding carboxylic acids is 5. The lowest BCUT2D eigenvalue weighted by molar-refractivity contribution is -0.177. The summed E-state index contributed by atoms with van der Waals surface area (Å²) >= 11 is 7.25. The van der Waals surface area contributed by atoms with Gasteiger partial charge in [-0.2, -0.15) is 0 Å². The van der Waals surface area contributed by atoms with Crippen LogP contribution in [-0.4, -0.2) is 254 Å². The van der Waals surface area contributed by atoms with E-state index in [1.807, 2.05) is 65.0 Å². The van der Waals surface area contributed by atoms with Crippen molar-refractivity contribution in [2.75, 3.05) is 75.5 Å². The molecule has 0 radical (unpaired) electrons. The molecule has 5 amide bonds. The van der Waals surface area contributed by atoms with Gasteiger partial charge in [-0.25, -0.2) is 47.9 Å². The normalized spacial score (nSPS) is 21.1. The van der Waals surface area contributed by atoms with Crippen LogP contribution in [0.25, 0.3) is 54.8 Å². The van der Waals surface area contributed by atoms with Crippen LogP contribution in [0, 0.1) is 0 Å². The van der Waals surface area contributed by atoms with Crippen molar-refractivity contribution in [2.45, 2.75) is 117 Å². The minimum Gasteiger partial charge on any atom is -0.489 e. The van der Waals surface area contributed by atoms with Crippen LogP contribution >= 0.6 is 58.8 Å². The summed E-state index contributed by atoms with van der Waals surface area (Å²) in [6.07, 6.45) is -3.31. The van der Waals surface area contributed by atoms with Gasteiger partial charge in [-0.1, -0.05) is 30.3 Å². The van der Waals surface area contributed by atoms with Gasteiger partial charge < -0.3 is 95.0 Å². The number of hydrogen-bond donors (Lipinski definition) is 5. The highest BCUT2D eigenvalue weighted by molar-refractivity contribution is 8.01. The molecule has 10 aliphatic heterocycles. The van der Waals surface area contributed by atoms with E-state index in [-0.39, 0.29) is 131 Å². The Kier molecular flexibility index (Phi) is 31.3. The van der Waals surface area contributed by atoms with Gasteiger partial charge >= 0.3 is 58.0 Å². The Morgan fingerprint density at radius 3 is 0.844 bits per heavy atom. The van der Waals surface area contributed by atoms with E-state index in [2.05, 4.69) is 0 Å². The minimum atomic E-state index is -1.18. The van der Waals surface area contributed by atoms with Gasteiger partial charge in [-0.15, -0.1) is 58.8 Å². The van der Waals surface area contributed by atoms with Crippen LogP contribution in [0.1, 0.15) is 47.1 Å². The van der Waals surface area contributed by atoms with Crippen LogP contribution < -0.4 is 51.8 Å². The molecule has 0 saturated carbocycles. The lowest BCUT2D eigenvalue weighted by Crippen LogP contribution is -2.67. The van der Waals surface area contributed by atoms with Crippen LogP contribution in [0.5, 0.6) is 28.7 Å². The second-order valence-electron chi connectivity index (χ2n) is 35.1. The van der Waals surface area contributed by atoms with Gasteiger partial charge in [-0.3, -0.25) is 48.5 Å². The van der Waals surface area contributed by atoms with Gasteiger partial charge in [0.05, 0.1) is 18.3 Å². The molecular formula is C102H91N5O35S5. The summed E-state index contributed by atoms with van der Waals surface area (Å²) in [6, 6.07) is 49.6. The fourth-order valence-electron chi connectivity index (χ4n) is 17.0. The molecule has 5 fully saturated rings. The maximum absolute atomic E-state index is 12.7. The van der Waals surface area contributed by atoms with Crippen molar-refractivity contribution in [2.24, 2.45) is 0 Å². The molecule has 5 saturated heterocycles. The number of aliphatic carboxylic acids is 5. The van der Waals surface area contributed by atoms with Gasteiger partial charge in [0.1, 0.15) is 145 Å². The Morgan fingerprint density at radius 1 is 0.333 bits per heavy atom. The molecule has 764 valence electrons. The van der Waals surface area contributed by atoms with Crippen LogP contribution in [-0.2, 0) is 78.2 Å². The number of ether oxygens (including phenoxy) is 10. The molecule has 45 heteroatoms. The predicted molar refractivity (Wildman–Crippen MR) is 535 cm³/mol. The number of amides is 5. The van der Waals surface area contributed by atoms with Crippen molar-refractivity contribution in [1.29, 1.82) is 0 Å². The Balaban J connectivity index is 0.000000126. The second kappa shape index (κ2) is 44.3. The summed E-state index contributed by atoms with van der Waals surface area (Å²) in [5.74, 6) is -3.44. The maximum Gasteiger partial charge on any atom is 0.352 e. The number of thioether (sulfide) groups is 5.